The van der Waals surface area contributed by atoms with Gasteiger partial charge in [-0.1, -0.05) is 271 Å². The summed E-state index contributed by atoms with van der Waals surface area (Å²) < 4.78 is 66.0. The topological polar surface area (TPSA) is 213 Å². The second-order valence-corrected chi connectivity index (χ2v) is 33.7. The minimum Gasteiger partial charge on any atom is -0.398 e. The van der Waals surface area contributed by atoms with E-state index in [9.17, 15) is 26.9 Å². The number of nitrogens with two attached hydrogens (primary N) is 1. The Bertz CT molecular complexity index is 4930. The number of unbranched alkanes of at least 4 members (excludes halogenated alkanes) is 36. The predicted octanol–water partition coefficient (Wildman–Crippen LogP) is 22.4. The standard InChI is InChI=1S/C84H114N8O8S2/c1-5-9-13-17-21-25-29-33-37-41-53-88(54-42-38-34-30-26-22-18-14-10-6-2)101(97,98)61-45-51-72-70(57-61)86-81-65-50-48-64-78-74(92(95)96)60-68-76-66(49-47-63(80(76)78)77-69(85)59-67(75(65)79(64)77)83(93)90(72)81)82-87-71-58-62(46-52-73(71)91(82)84(68)94)102(99,100)89(55-43-39-35-31-27-23-19-15-11-7-3)56-44-40-36-32-28-24-20-16-12-8-4/h45-52,57-60H,5-44,53-56,85H2,1-4H3. The Morgan fingerprint density at radius 3 is 0.990 bits per heavy atom. The van der Waals surface area contributed by atoms with Crippen molar-refractivity contribution in [3.05, 3.63) is 104 Å². The van der Waals surface area contributed by atoms with Gasteiger partial charge in [-0.25, -0.2) is 26.8 Å². The molecule has 0 aliphatic heterocycles. The number of hydrogen-bond donors (Lipinski definition) is 1. The maximum absolute atomic E-state index is 15.3. The first-order valence-electron chi connectivity index (χ1n) is 40.0. The van der Waals surface area contributed by atoms with E-state index in [4.69, 9.17) is 15.7 Å². The van der Waals surface area contributed by atoms with Crippen LogP contribution in [0, 0.1) is 10.1 Å². The van der Waals surface area contributed by atoms with Gasteiger partial charge in [0, 0.05) is 75.6 Å². The van der Waals surface area contributed by atoms with Crippen molar-refractivity contribution in [3.63, 3.8) is 0 Å². The number of nitro groups is 1. The highest BCUT2D eigenvalue weighted by Gasteiger charge is 2.32. The smallest absolute Gasteiger partial charge is 0.278 e. The van der Waals surface area contributed by atoms with E-state index in [1.165, 1.54) is 169 Å². The quantitative estimate of drug-likeness (QED) is 0.00946. The Morgan fingerprint density at radius 2 is 0.657 bits per heavy atom. The van der Waals surface area contributed by atoms with Crippen LogP contribution in [0.5, 0.6) is 0 Å². The number of nitrogen functional groups attached to an aromatic ring is 1. The molecule has 0 saturated heterocycles. The van der Waals surface area contributed by atoms with Crippen LogP contribution in [-0.4, -0.2) is 75.3 Å². The van der Waals surface area contributed by atoms with Crippen LogP contribution in [0.2, 0.25) is 0 Å². The molecule has 0 aliphatic carbocycles. The summed E-state index contributed by atoms with van der Waals surface area (Å²) in [5.74, 6) is 0. The molecule has 0 unspecified atom stereocenters. The van der Waals surface area contributed by atoms with Crippen LogP contribution < -0.4 is 16.9 Å². The van der Waals surface area contributed by atoms with Crippen molar-refractivity contribution in [1.29, 1.82) is 0 Å². The molecule has 2 N–H and O–H groups in total. The van der Waals surface area contributed by atoms with Crippen molar-refractivity contribution >= 4 is 129 Å². The molecule has 16 nitrogen and oxygen atoms in total. The Kier molecular flexibility index (Phi) is 27.1. The largest absolute Gasteiger partial charge is 0.398 e. The normalized spacial score (nSPS) is 12.8. The van der Waals surface area contributed by atoms with Gasteiger partial charge in [0.05, 0.1) is 52.9 Å². The van der Waals surface area contributed by atoms with Crippen LogP contribution in [0.15, 0.2) is 92.2 Å². The van der Waals surface area contributed by atoms with Gasteiger partial charge in [-0.3, -0.25) is 28.5 Å². The van der Waals surface area contributed by atoms with Crippen molar-refractivity contribution in [3.8, 4) is 0 Å². The van der Waals surface area contributed by atoms with Gasteiger partial charge in [-0.15, -0.1) is 0 Å². The number of pyridine rings is 2. The molecule has 18 heteroatoms. The number of hydrogen-bond acceptors (Lipinski definition) is 11. The SMILES string of the molecule is CCCCCCCCCCCCN(CCCCCCCCCCCC)S(=O)(=O)c1ccc2c(c1)nc1c3ccc4c5c([N+](=O)[O-])cc6c(=O)n7c8ccc(S(=O)(=O)N(CCCCCCCCCCCC)CCCCCCCCCCCC)cc8nc7c7ccc(c8c(N)cc(c(=O)n21)c3c48)c5c67. The van der Waals surface area contributed by atoms with Crippen LogP contribution in [-0.2, 0) is 20.0 Å². The highest BCUT2D eigenvalue weighted by atomic mass is 32.2. The third-order valence-electron chi connectivity index (χ3n) is 22.2. The lowest BCUT2D eigenvalue weighted by Crippen LogP contribution is -2.33. The molecule has 7 aromatic carbocycles. The lowest BCUT2D eigenvalue weighted by Gasteiger charge is -2.22. The molecule has 4 aromatic heterocycles. The lowest BCUT2D eigenvalue weighted by molar-refractivity contribution is -0.382. The van der Waals surface area contributed by atoms with E-state index in [2.05, 4.69) is 27.7 Å². The van der Waals surface area contributed by atoms with E-state index in [1.807, 2.05) is 18.2 Å². The fourth-order valence-corrected chi connectivity index (χ4v) is 19.6. The Balaban J connectivity index is 0.917. The molecular weight excluding hydrogens is 1310 g/mol. The minimum atomic E-state index is -3.99. The minimum absolute atomic E-state index is 0.0959. The average molecular weight is 1430 g/mol. The second kappa shape index (κ2) is 36.2. The van der Waals surface area contributed by atoms with Crippen molar-refractivity contribution < 1.29 is 21.8 Å². The number of sulfonamides is 2. The molecule has 11 aromatic rings. The van der Waals surface area contributed by atoms with E-state index in [0.717, 1.165) is 103 Å². The number of fused-ring (bicyclic) bond motifs is 10. The maximum Gasteiger partial charge on any atom is 0.278 e. The Morgan fingerprint density at radius 1 is 0.363 bits per heavy atom. The fraction of sp³-hybridized carbons (Fsp3) is 0.571. The monoisotopic (exact) mass is 1430 g/mol. The Hall–Kier alpha value is -6.86. The zero-order chi connectivity index (χ0) is 71.8. The van der Waals surface area contributed by atoms with Gasteiger partial charge < -0.3 is 5.73 Å². The fourth-order valence-electron chi connectivity index (χ4n) is 16.5. The summed E-state index contributed by atoms with van der Waals surface area (Å²) in [6, 6.07) is 20.0. The van der Waals surface area contributed by atoms with Crippen molar-refractivity contribution in [1.82, 2.24) is 27.4 Å². The summed E-state index contributed by atoms with van der Waals surface area (Å²) >= 11 is 0. The molecule has 0 radical (unpaired) electrons. The van der Waals surface area contributed by atoms with E-state index in [0.29, 0.717) is 102 Å². The average Bonchev–Trinajstić information content (AvgIpc) is 1.08. The number of nitro benzene ring substituents is 1. The summed E-state index contributed by atoms with van der Waals surface area (Å²) in [6.07, 6.45) is 45.9. The molecule has 0 aliphatic rings. The molecular formula is C84H114N8O8S2. The first kappa shape index (κ1) is 76.3. The molecule has 0 atom stereocenters. The molecule has 102 heavy (non-hydrogen) atoms. The zero-order valence-electron chi connectivity index (χ0n) is 61.8. The zero-order valence-corrected chi connectivity index (χ0v) is 63.5. The molecule has 4 heterocycles. The van der Waals surface area contributed by atoms with E-state index in [-0.39, 0.29) is 43.0 Å². The van der Waals surface area contributed by atoms with Gasteiger partial charge >= 0.3 is 0 Å². The molecule has 0 amide bonds. The number of rotatable bonds is 49. The first-order valence-corrected chi connectivity index (χ1v) is 42.9. The van der Waals surface area contributed by atoms with Crippen LogP contribution in [0.1, 0.15) is 285 Å². The number of imidazole rings is 2. The maximum atomic E-state index is 15.3. The third kappa shape index (κ3) is 16.8. The van der Waals surface area contributed by atoms with Gasteiger partial charge in [0.2, 0.25) is 20.0 Å². The summed E-state index contributed by atoms with van der Waals surface area (Å²) in [5, 5.41) is 18.9. The molecule has 0 bridgehead atoms. The van der Waals surface area contributed by atoms with Crippen LogP contribution in [0.25, 0.3) is 98.0 Å². The third-order valence-corrected chi connectivity index (χ3v) is 26.0. The van der Waals surface area contributed by atoms with Crippen molar-refractivity contribution in [2.75, 3.05) is 31.9 Å². The summed E-state index contributed by atoms with van der Waals surface area (Å²) in [4.78, 5) is 54.1. The van der Waals surface area contributed by atoms with E-state index in [1.54, 1.807) is 57.1 Å². The number of non-ortho nitro benzene ring substituents is 1. The molecule has 11 rings (SSSR count). The number of benzene rings is 7. The van der Waals surface area contributed by atoms with Crippen LogP contribution in [0.3, 0.4) is 0 Å². The number of nitrogens with zero attached hydrogens (tertiary/aromatic N) is 7. The van der Waals surface area contributed by atoms with Gasteiger partial charge in [-0.2, -0.15) is 8.61 Å². The van der Waals surface area contributed by atoms with Gasteiger partial charge in [0.1, 0.15) is 11.3 Å². The Labute approximate surface area is 604 Å². The predicted molar refractivity (Wildman–Crippen MR) is 426 cm³/mol. The summed E-state index contributed by atoms with van der Waals surface area (Å²) in [5.41, 5.74) is 8.26. The second-order valence-electron chi connectivity index (χ2n) is 29.8. The number of anilines is 1. The summed E-state index contributed by atoms with van der Waals surface area (Å²) in [7, 11) is -7.96. The molecule has 550 valence electrons. The van der Waals surface area contributed by atoms with Crippen molar-refractivity contribution in [2.45, 2.75) is 294 Å². The molecule has 0 saturated carbocycles. The van der Waals surface area contributed by atoms with Crippen LogP contribution in [0.4, 0.5) is 11.4 Å². The van der Waals surface area contributed by atoms with Gasteiger partial charge in [-0.05, 0) is 91.1 Å². The van der Waals surface area contributed by atoms with Crippen LogP contribution >= 0.6 is 0 Å². The summed E-state index contributed by atoms with van der Waals surface area (Å²) in [6.45, 7) is 10.6. The van der Waals surface area contributed by atoms with Crippen molar-refractivity contribution in [2.24, 2.45) is 0 Å². The first-order chi connectivity index (χ1) is 49.7. The lowest BCUT2D eigenvalue weighted by atomic mass is 9.84. The highest BCUT2D eigenvalue weighted by molar-refractivity contribution is 7.89. The van der Waals surface area contributed by atoms with E-state index >= 15 is 9.59 Å². The highest BCUT2D eigenvalue weighted by Crippen LogP contribution is 2.50. The van der Waals surface area contributed by atoms with Gasteiger partial charge in [0.15, 0.2) is 0 Å². The molecule has 0 fully saturated rings. The molecule has 0 spiro atoms. The number of aromatic nitrogens is 4. The van der Waals surface area contributed by atoms with E-state index < -0.39 is 36.1 Å². The van der Waals surface area contributed by atoms with Gasteiger partial charge in [0.25, 0.3) is 16.8 Å².